The van der Waals surface area contributed by atoms with Gasteiger partial charge in [0.15, 0.2) is 0 Å². The van der Waals surface area contributed by atoms with Crippen molar-refractivity contribution < 1.29 is 19.1 Å². The number of nitrogens with zero attached hydrogens (tertiary/aromatic N) is 1. The average Bonchev–Trinajstić information content (AvgIpc) is 2.64. The summed E-state index contributed by atoms with van der Waals surface area (Å²) in [5, 5.41) is 4.79. The Balaban J connectivity index is 0.00000264. The molecule has 8 nitrogen and oxygen atoms in total. The van der Waals surface area contributed by atoms with Crippen LogP contribution in [-0.4, -0.2) is 41.9 Å². The minimum absolute atomic E-state index is 0. The lowest BCUT2D eigenvalue weighted by atomic mass is 10.0. The Labute approximate surface area is 139 Å². The van der Waals surface area contributed by atoms with E-state index in [1.165, 1.54) is 12.0 Å². The van der Waals surface area contributed by atoms with Crippen LogP contribution in [0, 0.1) is 0 Å². The number of rotatable bonds is 4. The Hall–Kier alpha value is -2.48. The summed E-state index contributed by atoms with van der Waals surface area (Å²) in [5.41, 5.74) is 5.46. The molecule has 0 atom stereocenters. The maximum absolute atomic E-state index is 12.1. The van der Waals surface area contributed by atoms with E-state index < -0.39 is 23.4 Å². The zero-order valence-electron chi connectivity index (χ0n) is 13.0. The Bertz CT molecular complexity index is 648. The standard InChI is InChI=1S/C14H18N4O4.ClH/c1-14(2)12(20)17-13(21)18(14)7-11(19)16-10-6-8(22-3)4-5-9(10)15;/h4-6H,7,15H2,1-3H3,(H,16,19)(H,17,20,21);1H. The normalized spacial score (nSPS) is 15.7. The van der Waals surface area contributed by atoms with Crippen molar-refractivity contribution in [3.05, 3.63) is 18.2 Å². The van der Waals surface area contributed by atoms with Crippen LogP contribution >= 0.6 is 12.4 Å². The number of anilines is 2. The topological polar surface area (TPSA) is 114 Å². The third-order valence-corrected chi connectivity index (χ3v) is 3.53. The Morgan fingerprint density at radius 3 is 2.57 bits per heavy atom. The molecule has 9 heteroatoms. The largest absolute Gasteiger partial charge is 0.497 e. The molecule has 1 aliphatic rings. The van der Waals surface area contributed by atoms with E-state index in [1.54, 1.807) is 32.0 Å². The summed E-state index contributed by atoms with van der Waals surface area (Å²) in [7, 11) is 1.50. The van der Waals surface area contributed by atoms with Gasteiger partial charge in [0.2, 0.25) is 5.91 Å². The summed E-state index contributed by atoms with van der Waals surface area (Å²) in [6.07, 6.45) is 0. The van der Waals surface area contributed by atoms with E-state index in [2.05, 4.69) is 10.6 Å². The van der Waals surface area contributed by atoms with Gasteiger partial charge in [0.05, 0.1) is 18.5 Å². The lowest BCUT2D eigenvalue weighted by Gasteiger charge is -2.27. The molecule has 1 aromatic carbocycles. The summed E-state index contributed by atoms with van der Waals surface area (Å²) < 4.78 is 5.06. The molecular weight excluding hydrogens is 324 g/mol. The molecule has 126 valence electrons. The molecule has 1 aliphatic heterocycles. The first kappa shape index (κ1) is 18.6. The van der Waals surface area contributed by atoms with Gasteiger partial charge >= 0.3 is 6.03 Å². The van der Waals surface area contributed by atoms with Crippen molar-refractivity contribution in [2.45, 2.75) is 19.4 Å². The number of carbonyl (C=O) groups excluding carboxylic acids is 3. The smallest absolute Gasteiger partial charge is 0.325 e. The predicted molar refractivity (Wildman–Crippen MR) is 87.6 cm³/mol. The van der Waals surface area contributed by atoms with Gasteiger partial charge in [-0.1, -0.05) is 0 Å². The second-order valence-corrected chi connectivity index (χ2v) is 5.41. The lowest BCUT2D eigenvalue weighted by Crippen LogP contribution is -2.47. The summed E-state index contributed by atoms with van der Waals surface area (Å²) >= 11 is 0. The van der Waals surface area contributed by atoms with Gasteiger partial charge in [0, 0.05) is 6.07 Å². The number of nitrogens with one attached hydrogen (secondary N) is 2. The Morgan fingerprint density at radius 2 is 2.04 bits per heavy atom. The second-order valence-electron chi connectivity index (χ2n) is 5.41. The van der Waals surface area contributed by atoms with Crippen LogP contribution in [-0.2, 0) is 9.59 Å². The highest BCUT2D eigenvalue weighted by Gasteiger charge is 2.46. The average molecular weight is 343 g/mol. The number of urea groups is 1. The molecule has 23 heavy (non-hydrogen) atoms. The van der Waals surface area contributed by atoms with Crippen LogP contribution in [0.2, 0.25) is 0 Å². The second kappa shape index (κ2) is 6.74. The Morgan fingerprint density at radius 1 is 1.39 bits per heavy atom. The number of methoxy groups -OCH3 is 1. The molecule has 0 radical (unpaired) electrons. The molecule has 4 N–H and O–H groups in total. The monoisotopic (exact) mass is 342 g/mol. The first-order valence-corrected chi connectivity index (χ1v) is 6.62. The van der Waals surface area contributed by atoms with Gasteiger partial charge in [0.25, 0.3) is 5.91 Å². The van der Waals surface area contributed by atoms with Gasteiger partial charge in [-0.05, 0) is 26.0 Å². The molecule has 0 unspecified atom stereocenters. The minimum atomic E-state index is -1.08. The van der Waals surface area contributed by atoms with Crippen molar-refractivity contribution in [1.82, 2.24) is 10.2 Å². The molecule has 0 aliphatic carbocycles. The van der Waals surface area contributed by atoms with Crippen molar-refractivity contribution in [3.63, 3.8) is 0 Å². The third kappa shape index (κ3) is 3.65. The first-order valence-electron chi connectivity index (χ1n) is 6.62. The van der Waals surface area contributed by atoms with Crippen LogP contribution in [0.25, 0.3) is 0 Å². The fourth-order valence-electron chi connectivity index (χ4n) is 2.07. The van der Waals surface area contributed by atoms with E-state index in [1.807, 2.05) is 0 Å². The molecule has 1 fully saturated rings. The van der Waals surface area contributed by atoms with Gasteiger partial charge in [-0.25, -0.2) is 4.79 Å². The number of benzene rings is 1. The van der Waals surface area contributed by atoms with Gasteiger partial charge in [-0.2, -0.15) is 0 Å². The number of halogens is 1. The van der Waals surface area contributed by atoms with Gasteiger partial charge in [0.1, 0.15) is 17.8 Å². The molecular formula is C14H19ClN4O4. The van der Waals surface area contributed by atoms with Crippen LogP contribution in [0.3, 0.4) is 0 Å². The van der Waals surface area contributed by atoms with Crippen molar-refractivity contribution in [2.75, 3.05) is 24.7 Å². The van der Waals surface area contributed by atoms with Crippen LogP contribution in [0.1, 0.15) is 13.8 Å². The summed E-state index contributed by atoms with van der Waals surface area (Å²) in [6.45, 7) is 2.88. The van der Waals surface area contributed by atoms with E-state index in [4.69, 9.17) is 10.5 Å². The van der Waals surface area contributed by atoms with Crippen molar-refractivity contribution >= 4 is 41.6 Å². The van der Waals surface area contributed by atoms with Crippen LogP contribution in [0.5, 0.6) is 5.75 Å². The van der Waals surface area contributed by atoms with Crippen molar-refractivity contribution in [3.8, 4) is 5.75 Å². The molecule has 1 saturated heterocycles. The van der Waals surface area contributed by atoms with Gasteiger partial charge in [-0.3, -0.25) is 14.9 Å². The molecule has 1 heterocycles. The van der Waals surface area contributed by atoms with Gasteiger partial charge in [-0.15, -0.1) is 12.4 Å². The predicted octanol–water partition coefficient (Wildman–Crippen LogP) is 0.968. The van der Waals surface area contributed by atoms with Crippen LogP contribution < -0.4 is 21.1 Å². The number of imide groups is 1. The van der Waals surface area contributed by atoms with E-state index >= 15 is 0 Å². The number of nitrogen functional groups attached to an aromatic ring is 1. The maximum atomic E-state index is 12.1. The number of carbonyl (C=O) groups is 3. The van der Waals surface area contributed by atoms with Crippen molar-refractivity contribution in [2.24, 2.45) is 0 Å². The summed E-state index contributed by atoms with van der Waals surface area (Å²) in [4.78, 5) is 36.7. The van der Waals surface area contributed by atoms with E-state index in [-0.39, 0.29) is 19.0 Å². The summed E-state index contributed by atoms with van der Waals surface area (Å²) in [5.74, 6) is -0.358. The van der Waals surface area contributed by atoms with E-state index in [0.29, 0.717) is 17.1 Å². The van der Waals surface area contributed by atoms with E-state index in [0.717, 1.165) is 0 Å². The first-order chi connectivity index (χ1) is 10.3. The van der Waals surface area contributed by atoms with Gasteiger partial charge < -0.3 is 20.7 Å². The highest BCUT2D eigenvalue weighted by molar-refractivity contribution is 6.08. The third-order valence-electron chi connectivity index (χ3n) is 3.53. The Kier molecular flexibility index (Phi) is 5.44. The lowest BCUT2D eigenvalue weighted by molar-refractivity contribution is -0.126. The highest BCUT2D eigenvalue weighted by atomic mass is 35.5. The fourth-order valence-corrected chi connectivity index (χ4v) is 2.07. The number of amides is 4. The molecule has 0 saturated carbocycles. The molecule has 1 aromatic rings. The molecule has 0 bridgehead atoms. The quantitative estimate of drug-likeness (QED) is 0.557. The molecule has 2 rings (SSSR count). The molecule has 0 aromatic heterocycles. The van der Waals surface area contributed by atoms with Crippen LogP contribution in [0.4, 0.5) is 16.2 Å². The summed E-state index contributed by atoms with van der Waals surface area (Å²) in [6, 6.07) is 4.25. The number of hydrogen-bond acceptors (Lipinski definition) is 5. The zero-order valence-corrected chi connectivity index (χ0v) is 13.8. The van der Waals surface area contributed by atoms with Crippen molar-refractivity contribution in [1.29, 1.82) is 0 Å². The zero-order chi connectivity index (χ0) is 16.5. The number of hydrogen-bond donors (Lipinski definition) is 3. The maximum Gasteiger partial charge on any atom is 0.325 e. The SMILES string of the molecule is COc1ccc(N)c(NC(=O)CN2C(=O)NC(=O)C2(C)C)c1.Cl. The molecule has 0 spiro atoms. The van der Waals surface area contributed by atoms with Crippen LogP contribution in [0.15, 0.2) is 18.2 Å². The van der Waals surface area contributed by atoms with E-state index in [9.17, 15) is 14.4 Å². The minimum Gasteiger partial charge on any atom is -0.497 e. The highest BCUT2D eigenvalue weighted by Crippen LogP contribution is 2.25. The fraction of sp³-hybridized carbons (Fsp3) is 0.357. The molecule has 4 amide bonds. The number of nitrogens with two attached hydrogens (primary N) is 1. The number of ether oxygens (including phenoxy) is 1.